The Kier molecular flexibility index (Phi) is 41.2. The lowest BCUT2D eigenvalue weighted by Gasteiger charge is -2.31. The van der Waals surface area contributed by atoms with Crippen molar-refractivity contribution in [2.24, 2.45) is 0 Å². The fourth-order valence-electron chi connectivity index (χ4n) is 6.59. The number of carbonyl (C=O) groups is 3. The van der Waals surface area contributed by atoms with Crippen LogP contribution in [-0.4, -0.2) is 80.6 Å². The fraction of sp³-hybridized carbons (Fsp3) is 0.648. The van der Waals surface area contributed by atoms with Crippen LogP contribution < -0.4 is 0 Å². The zero-order valence-corrected chi connectivity index (χ0v) is 40.0. The molecule has 0 bridgehead atoms. The highest BCUT2D eigenvalue weighted by molar-refractivity contribution is 5.72. The molecule has 0 heterocycles. The van der Waals surface area contributed by atoms with Crippen LogP contribution in [0.4, 0.5) is 0 Å². The summed E-state index contributed by atoms with van der Waals surface area (Å²) in [5, 5.41) is 9.64. The van der Waals surface area contributed by atoms with Crippen molar-refractivity contribution in [2.45, 2.75) is 187 Å². The SMILES string of the molecule is CC/C=C/C=C/C=C/CCCCCCCCCC(=O)OCC(COCCC(C(=O)O)[N+](C)(C)C)OC(=O)CCCCCCCCC/C=C/C/C=C/C/C=C/C/C=C/C/C=C/CC. The summed E-state index contributed by atoms with van der Waals surface area (Å²) in [7, 11) is 5.51. The highest BCUT2D eigenvalue weighted by Crippen LogP contribution is 2.14. The number of hydrogen-bond donors (Lipinski definition) is 1. The van der Waals surface area contributed by atoms with Gasteiger partial charge in [-0.3, -0.25) is 9.59 Å². The van der Waals surface area contributed by atoms with Gasteiger partial charge in [-0.25, -0.2) is 4.79 Å². The third-order valence-electron chi connectivity index (χ3n) is 10.3. The van der Waals surface area contributed by atoms with Crippen LogP contribution in [0, 0.1) is 0 Å². The Labute approximate surface area is 379 Å². The van der Waals surface area contributed by atoms with E-state index in [2.05, 4.69) is 111 Å². The molecule has 0 aliphatic heterocycles. The number of aliphatic carboxylic acids is 1. The molecule has 0 fully saturated rings. The van der Waals surface area contributed by atoms with Crippen molar-refractivity contribution in [2.75, 3.05) is 41.0 Å². The number of esters is 2. The van der Waals surface area contributed by atoms with Crippen LogP contribution in [-0.2, 0) is 28.6 Å². The topological polar surface area (TPSA) is 99.1 Å². The first-order valence-electron chi connectivity index (χ1n) is 24.3. The quantitative estimate of drug-likeness (QED) is 0.0214. The van der Waals surface area contributed by atoms with Crippen LogP contribution in [0.2, 0.25) is 0 Å². The van der Waals surface area contributed by atoms with Gasteiger partial charge in [0.15, 0.2) is 12.1 Å². The molecule has 0 aromatic heterocycles. The molecule has 0 saturated carbocycles. The second-order valence-electron chi connectivity index (χ2n) is 17.0. The van der Waals surface area contributed by atoms with Crippen LogP contribution in [0.3, 0.4) is 0 Å². The summed E-state index contributed by atoms with van der Waals surface area (Å²) in [6.07, 6.45) is 58.8. The molecule has 352 valence electrons. The lowest BCUT2D eigenvalue weighted by Crippen LogP contribution is -2.50. The van der Waals surface area contributed by atoms with Crippen LogP contribution in [0.5, 0.6) is 0 Å². The molecule has 2 atom stereocenters. The van der Waals surface area contributed by atoms with E-state index in [0.717, 1.165) is 96.3 Å². The number of hydrogen-bond acceptors (Lipinski definition) is 6. The van der Waals surface area contributed by atoms with E-state index in [1.165, 1.54) is 44.9 Å². The maximum Gasteiger partial charge on any atom is 0.362 e. The molecule has 0 radical (unpaired) electrons. The van der Waals surface area contributed by atoms with E-state index < -0.39 is 18.1 Å². The predicted octanol–water partition coefficient (Wildman–Crippen LogP) is 13.9. The molecule has 1 N–H and O–H groups in total. The lowest BCUT2D eigenvalue weighted by atomic mass is 10.1. The van der Waals surface area contributed by atoms with Gasteiger partial charge < -0.3 is 23.8 Å². The maximum absolute atomic E-state index is 12.8. The third-order valence-corrected chi connectivity index (χ3v) is 10.3. The van der Waals surface area contributed by atoms with Crippen molar-refractivity contribution in [3.63, 3.8) is 0 Å². The first-order chi connectivity index (χ1) is 30.1. The molecule has 8 nitrogen and oxygen atoms in total. The molecule has 0 aromatic carbocycles. The molecule has 0 aliphatic rings. The summed E-state index contributed by atoms with van der Waals surface area (Å²) in [5.41, 5.74) is 0. The number of carboxylic acid groups (broad SMARTS) is 1. The monoisotopic (exact) mass is 865 g/mol. The highest BCUT2D eigenvalue weighted by atomic mass is 16.6. The van der Waals surface area contributed by atoms with Gasteiger partial charge in [0.25, 0.3) is 0 Å². The Morgan fingerprint density at radius 2 is 0.935 bits per heavy atom. The van der Waals surface area contributed by atoms with Gasteiger partial charge in [0.2, 0.25) is 0 Å². The average Bonchev–Trinajstić information content (AvgIpc) is 3.23. The van der Waals surface area contributed by atoms with Crippen molar-refractivity contribution < 1.29 is 38.2 Å². The lowest BCUT2D eigenvalue weighted by molar-refractivity contribution is -0.887. The molecule has 0 spiro atoms. The number of rotatable bonds is 42. The second-order valence-corrected chi connectivity index (χ2v) is 17.0. The van der Waals surface area contributed by atoms with Gasteiger partial charge >= 0.3 is 17.9 Å². The van der Waals surface area contributed by atoms with Gasteiger partial charge in [-0.15, -0.1) is 0 Å². The summed E-state index contributed by atoms with van der Waals surface area (Å²) in [4.78, 5) is 37.1. The first kappa shape index (κ1) is 58.2. The Hall–Kier alpha value is -3.75. The van der Waals surface area contributed by atoms with Gasteiger partial charge in [-0.2, -0.15) is 0 Å². The van der Waals surface area contributed by atoms with Crippen LogP contribution in [0.25, 0.3) is 0 Å². The predicted molar refractivity (Wildman–Crippen MR) is 261 cm³/mol. The summed E-state index contributed by atoms with van der Waals surface area (Å²) >= 11 is 0. The zero-order chi connectivity index (χ0) is 45.6. The molecule has 62 heavy (non-hydrogen) atoms. The largest absolute Gasteiger partial charge is 0.477 e. The standard InChI is InChI=1S/C54H89NO7/c1-6-8-10-12-14-16-18-20-22-23-24-25-26-27-28-29-31-33-35-37-39-41-43-45-53(57)62-50(48-60-47-46-51(54(58)59)55(3,4)5)49-61-52(56)44-42-40-38-36-34-32-30-21-19-17-15-13-11-9-7-2/h8-11,13-17,19-20,22,24-25,27-28,50-51H,6-7,12,18,21,23,26,29-49H2,1-5H3/p+1/b10-8+,11-9+,15-13+,16-14+,19-17+,22-20+,25-24+,28-27+. The highest BCUT2D eigenvalue weighted by Gasteiger charge is 2.31. The number of unbranched alkanes of at least 4 members (excludes halogenated alkanes) is 14. The van der Waals surface area contributed by atoms with Gasteiger partial charge in [0, 0.05) is 19.3 Å². The Bertz CT molecular complexity index is 1330. The maximum atomic E-state index is 12.8. The van der Waals surface area contributed by atoms with Crippen LogP contribution in [0.1, 0.15) is 174 Å². The Morgan fingerprint density at radius 3 is 1.44 bits per heavy atom. The van der Waals surface area contributed by atoms with E-state index in [-0.39, 0.29) is 36.2 Å². The minimum Gasteiger partial charge on any atom is -0.477 e. The van der Waals surface area contributed by atoms with E-state index in [0.29, 0.717) is 19.3 Å². The van der Waals surface area contributed by atoms with Crippen molar-refractivity contribution in [1.82, 2.24) is 0 Å². The average molecular weight is 865 g/mol. The minimum atomic E-state index is -0.883. The number of carbonyl (C=O) groups excluding carboxylic acids is 2. The van der Waals surface area contributed by atoms with E-state index in [9.17, 15) is 19.5 Å². The van der Waals surface area contributed by atoms with Crippen LogP contribution in [0.15, 0.2) is 97.2 Å². The van der Waals surface area contributed by atoms with Crippen molar-refractivity contribution in [1.29, 1.82) is 0 Å². The normalized spacial score (nSPS) is 13.8. The van der Waals surface area contributed by atoms with Gasteiger partial charge in [-0.05, 0) is 77.0 Å². The number of likely N-dealkylation sites (N-methyl/N-ethyl adjacent to an activating group) is 1. The van der Waals surface area contributed by atoms with Gasteiger partial charge in [0.05, 0.1) is 34.4 Å². The second kappa shape index (κ2) is 43.9. The number of allylic oxidation sites excluding steroid dienone is 16. The first-order valence-corrected chi connectivity index (χ1v) is 24.3. The van der Waals surface area contributed by atoms with Gasteiger partial charge in [0.1, 0.15) is 6.61 Å². The third kappa shape index (κ3) is 41.6. The van der Waals surface area contributed by atoms with E-state index in [1.54, 1.807) is 0 Å². The number of nitrogens with zero attached hydrogens (tertiary/aromatic N) is 1. The van der Waals surface area contributed by atoms with Crippen molar-refractivity contribution >= 4 is 17.9 Å². The molecular formula is C54H90NO7+. The molecule has 2 unspecified atom stereocenters. The van der Waals surface area contributed by atoms with E-state index in [4.69, 9.17) is 14.2 Å². The molecule has 0 aliphatic carbocycles. The van der Waals surface area contributed by atoms with E-state index in [1.807, 2.05) is 21.1 Å². The van der Waals surface area contributed by atoms with Gasteiger partial charge in [-0.1, -0.05) is 175 Å². The fourth-order valence-corrected chi connectivity index (χ4v) is 6.59. The Balaban J connectivity index is 4.32. The summed E-state index contributed by atoms with van der Waals surface area (Å²) in [6.45, 7) is 4.46. The number of carboxylic acids is 1. The molecule has 8 heteroatoms. The smallest absolute Gasteiger partial charge is 0.362 e. The minimum absolute atomic E-state index is 0.0465. The molecule has 0 saturated heterocycles. The molecular weight excluding hydrogens is 775 g/mol. The summed E-state index contributed by atoms with van der Waals surface area (Å²) in [6, 6.07) is -0.625. The molecule has 0 rings (SSSR count). The zero-order valence-electron chi connectivity index (χ0n) is 40.0. The molecule has 0 amide bonds. The van der Waals surface area contributed by atoms with Crippen LogP contribution >= 0.6 is 0 Å². The number of quaternary nitrogens is 1. The number of ether oxygens (including phenoxy) is 3. The molecule has 0 aromatic rings. The van der Waals surface area contributed by atoms with Crippen molar-refractivity contribution in [3.05, 3.63) is 97.2 Å². The Morgan fingerprint density at radius 1 is 0.500 bits per heavy atom. The summed E-state index contributed by atoms with van der Waals surface area (Å²) < 4.78 is 17.3. The summed E-state index contributed by atoms with van der Waals surface area (Å²) in [5.74, 6) is -1.51. The van der Waals surface area contributed by atoms with E-state index >= 15 is 0 Å². The van der Waals surface area contributed by atoms with Crippen molar-refractivity contribution in [3.8, 4) is 0 Å².